The van der Waals surface area contributed by atoms with E-state index < -0.39 is 0 Å². The van der Waals surface area contributed by atoms with Crippen LogP contribution in [-0.4, -0.2) is 61.4 Å². The van der Waals surface area contributed by atoms with E-state index in [0.717, 1.165) is 18.5 Å². The summed E-state index contributed by atoms with van der Waals surface area (Å²) < 4.78 is 0. The molecule has 1 aliphatic rings. The molecule has 2 rings (SSSR count). The maximum absolute atomic E-state index is 12.4. The number of carbonyl (C=O) groups is 2. The molecule has 0 aliphatic carbocycles. The van der Waals surface area contributed by atoms with Crippen molar-refractivity contribution >= 4 is 35.8 Å². The van der Waals surface area contributed by atoms with Crippen LogP contribution in [0.5, 0.6) is 0 Å². The first-order valence-corrected chi connectivity index (χ1v) is 8.43. The summed E-state index contributed by atoms with van der Waals surface area (Å²) >= 11 is 6.10. The van der Waals surface area contributed by atoms with E-state index >= 15 is 0 Å². The van der Waals surface area contributed by atoms with Crippen LogP contribution in [0.1, 0.15) is 18.4 Å². The van der Waals surface area contributed by atoms with Crippen molar-refractivity contribution in [3.05, 3.63) is 34.9 Å². The molecular weight excluding hydrogens is 349 g/mol. The minimum atomic E-state index is 0. The van der Waals surface area contributed by atoms with Gasteiger partial charge in [-0.3, -0.25) is 9.59 Å². The maximum Gasteiger partial charge on any atom is 0.227 e. The second kappa shape index (κ2) is 10.5. The minimum Gasteiger partial charge on any atom is -0.339 e. The highest BCUT2D eigenvalue weighted by atomic mass is 35.5. The molecule has 24 heavy (non-hydrogen) atoms. The summed E-state index contributed by atoms with van der Waals surface area (Å²) in [5, 5.41) is 3.67. The Morgan fingerprint density at radius 1 is 1.08 bits per heavy atom. The van der Waals surface area contributed by atoms with E-state index in [1.807, 2.05) is 35.0 Å². The smallest absolute Gasteiger partial charge is 0.227 e. The quantitative estimate of drug-likeness (QED) is 0.775. The summed E-state index contributed by atoms with van der Waals surface area (Å²) in [6.45, 7) is 3.28. The minimum absolute atomic E-state index is 0. The fourth-order valence-corrected chi connectivity index (χ4v) is 2.90. The fourth-order valence-electron chi connectivity index (χ4n) is 2.70. The third-order valence-corrected chi connectivity index (χ3v) is 4.47. The topological polar surface area (TPSA) is 52.7 Å². The van der Waals surface area contributed by atoms with Gasteiger partial charge in [0.15, 0.2) is 0 Å². The number of hydrogen-bond donors (Lipinski definition) is 1. The van der Waals surface area contributed by atoms with Crippen LogP contribution >= 0.6 is 24.0 Å². The molecule has 1 aromatic carbocycles. The van der Waals surface area contributed by atoms with Crippen LogP contribution in [0, 0.1) is 0 Å². The Kier molecular flexibility index (Phi) is 9.11. The van der Waals surface area contributed by atoms with Crippen LogP contribution in [0.25, 0.3) is 0 Å². The Morgan fingerprint density at radius 3 is 2.25 bits per heavy atom. The lowest BCUT2D eigenvalue weighted by molar-refractivity contribution is -0.139. The third kappa shape index (κ3) is 5.96. The molecule has 1 N–H and O–H groups in total. The lowest BCUT2D eigenvalue weighted by Gasteiger charge is -2.35. The number of nitrogens with zero attached hydrogens (tertiary/aromatic N) is 2. The fraction of sp³-hybridized carbons (Fsp3) is 0.529. The molecule has 5 nitrogen and oxygen atoms in total. The number of piperazine rings is 1. The number of halogens is 2. The van der Waals surface area contributed by atoms with Crippen molar-refractivity contribution in [3.8, 4) is 0 Å². The molecular formula is C17H25Cl2N3O2. The first-order valence-electron chi connectivity index (χ1n) is 8.05. The van der Waals surface area contributed by atoms with Crippen molar-refractivity contribution in [2.75, 3.05) is 39.8 Å². The average Bonchev–Trinajstić information content (AvgIpc) is 2.57. The Labute approximate surface area is 154 Å². The van der Waals surface area contributed by atoms with E-state index in [4.69, 9.17) is 11.6 Å². The van der Waals surface area contributed by atoms with Crippen molar-refractivity contribution in [2.45, 2.75) is 19.3 Å². The lowest BCUT2D eigenvalue weighted by Crippen LogP contribution is -2.51. The second-order valence-corrected chi connectivity index (χ2v) is 6.14. The molecule has 1 aromatic rings. The van der Waals surface area contributed by atoms with Gasteiger partial charge in [0, 0.05) is 37.6 Å². The van der Waals surface area contributed by atoms with Gasteiger partial charge < -0.3 is 15.1 Å². The van der Waals surface area contributed by atoms with Crippen molar-refractivity contribution in [1.82, 2.24) is 15.1 Å². The van der Waals surface area contributed by atoms with Gasteiger partial charge in [0.1, 0.15) is 0 Å². The number of hydrogen-bond acceptors (Lipinski definition) is 3. The zero-order valence-electron chi connectivity index (χ0n) is 14.0. The zero-order valence-corrected chi connectivity index (χ0v) is 15.5. The van der Waals surface area contributed by atoms with Gasteiger partial charge in [0.2, 0.25) is 11.8 Å². The van der Waals surface area contributed by atoms with Crippen molar-refractivity contribution < 1.29 is 9.59 Å². The number of carbonyl (C=O) groups excluding carboxylic acids is 2. The summed E-state index contributed by atoms with van der Waals surface area (Å²) in [5.74, 6) is 0.249. The molecule has 1 saturated heterocycles. The van der Waals surface area contributed by atoms with Gasteiger partial charge in [0.25, 0.3) is 0 Å². The first-order chi connectivity index (χ1) is 11.1. The molecule has 0 spiro atoms. The van der Waals surface area contributed by atoms with Crippen LogP contribution in [0.2, 0.25) is 5.02 Å². The maximum atomic E-state index is 12.4. The molecule has 134 valence electrons. The number of amides is 2. The molecule has 0 atom stereocenters. The van der Waals surface area contributed by atoms with Crippen LogP contribution in [-0.2, 0) is 16.0 Å². The van der Waals surface area contributed by atoms with E-state index in [1.165, 1.54) is 0 Å². The van der Waals surface area contributed by atoms with Crippen LogP contribution in [0.3, 0.4) is 0 Å². The van der Waals surface area contributed by atoms with E-state index in [1.54, 1.807) is 6.07 Å². The van der Waals surface area contributed by atoms with Gasteiger partial charge in [-0.25, -0.2) is 0 Å². The van der Waals surface area contributed by atoms with Gasteiger partial charge in [-0.1, -0.05) is 29.8 Å². The number of nitrogens with one attached hydrogen (secondary N) is 1. The molecule has 0 unspecified atom stereocenters. The predicted molar refractivity (Wildman–Crippen MR) is 98.7 cm³/mol. The summed E-state index contributed by atoms with van der Waals surface area (Å²) in [7, 11) is 1.88. The van der Waals surface area contributed by atoms with Gasteiger partial charge in [-0.05, 0) is 31.6 Å². The van der Waals surface area contributed by atoms with Gasteiger partial charge >= 0.3 is 0 Å². The molecule has 0 bridgehead atoms. The van der Waals surface area contributed by atoms with Gasteiger partial charge in [-0.15, -0.1) is 12.4 Å². The predicted octanol–water partition coefficient (Wildman–Crippen LogP) is 1.97. The van der Waals surface area contributed by atoms with Crippen LogP contribution in [0.15, 0.2) is 24.3 Å². The SMILES string of the molecule is CNCCCC(=O)N1CCN(C(=O)Cc2ccccc2Cl)CC1.Cl. The summed E-state index contributed by atoms with van der Waals surface area (Å²) in [4.78, 5) is 28.1. The van der Waals surface area contributed by atoms with E-state index in [2.05, 4.69) is 5.32 Å². The molecule has 1 heterocycles. The molecule has 7 heteroatoms. The lowest BCUT2D eigenvalue weighted by atomic mass is 10.1. The standard InChI is InChI=1S/C17H24ClN3O2.ClH/c1-19-8-4-7-16(22)20-9-11-21(12-10-20)17(23)13-14-5-2-3-6-15(14)18;/h2-3,5-6,19H,4,7-13H2,1H3;1H. The summed E-state index contributed by atoms with van der Waals surface area (Å²) in [6.07, 6.45) is 1.73. The van der Waals surface area contributed by atoms with Gasteiger partial charge in [0.05, 0.1) is 6.42 Å². The summed E-state index contributed by atoms with van der Waals surface area (Å²) in [6, 6.07) is 7.42. The Morgan fingerprint density at radius 2 is 1.67 bits per heavy atom. The van der Waals surface area contributed by atoms with Crippen LogP contribution in [0.4, 0.5) is 0 Å². The Hall–Kier alpha value is -1.30. The number of benzene rings is 1. The molecule has 0 saturated carbocycles. The average molecular weight is 374 g/mol. The second-order valence-electron chi connectivity index (χ2n) is 5.74. The van der Waals surface area contributed by atoms with Gasteiger partial charge in [-0.2, -0.15) is 0 Å². The Balaban J connectivity index is 0.00000288. The molecule has 0 radical (unpaired) electrons. The third-order valence-electron chi connectivity index (χ3n) is 4.10. The molecule has 0 aromatic heterocycles. The molecule has 2 amide bonds. The first kappa shape index (κ1) is 20.7. The monoisotopic (exact) mass is 373 g/mol. The van der Waals surface area contributed by atoms with E-state index in [0.29, 0.717) is 44.0 Å². The van der Waals surface area contributed by atoms with Crippen molar-refractivity contribution in [3.63, 3.8) is 0 Å². The molecule has 1 fully saturated rings. The van der Waals surface area contributed by atoms with E-state index in [9.17, 15) is 9.59 Å². The highest BCUT2D eigenvalue weighted by molar-refractivity contribution is 6.31. The molecule has 1 aliphatic heterocycles. The normalized spacial score (nSPS) is 14.2. The largest absolute Gasteiger partial charge is 0.339 e. The van der Waals surface area contributed by atoms with Crippen molar-refractivity contribution in [1.29, 1.82) is 0 Å². The zero-order chi connectivity index (χ0) is 16.7. The van der Waals surface area contributed by atoms with E-state index in [-0.39, 0.29) is 24.2 Å². The highest BCUT2D eigenvalue weighted by Crippen LogP contribution is 2.17. The Bertz CT molecular complexity index is 546. The summed E-state index contributed by atoms with van der Waals surface area (Å²) in [5.41, 5.74) is 0.852. The highest BCUT2D eigenvalue weighted by Gasteiger charge is 2.24. The van der Waals surface area contributed by atoms with Crippen LogP contribution < -0.4 is 5.32 Å². The van der Waals surface area contributed by atoms with Crippen molar-refractivity contribution in [2.24, 2.45) is 0 Å². The number of rotatable bonds is 6.